The van der Waals surface area contributed by atoms with Crippen LogP contribution >= 0.6 is 0 Å². The highest BCUT2D eigenvalue weighted by Crippen LogP contribution is 2.57. The first kappa shape index (κ1) is 10.8. The average molecular weight is 236 g/mol. The van der Waals surface area contributed by atoms with Gasteiger partial charge in [-0.1, -0.05) is 0 Å². The van der Waals surface area contributed by atoms with Crippen molar-refractivity contribution in [2.75, 3.05) is 13.1 Å². The number of hydrazine groups is 1. The molecule has 3 heteroatoms. The number of nitrogens with zero attached hydrogens (tertiary/aromatic N) is 1. The molecule has 4 aliphatic carbocycles. The van der Waals surface area contributed by atoms with Crippen molar-refractivity contribution < 1.29 is 5.11 Å². The van der Waals surface area contributed by atoms with Gasteiger partial charge in [-0.05, 0) is 63.2 Å². The minimum atomic E-state index is -0.323. The first-order valence-electron chi connectivity index (χ1n) is 7.40. The third kappa shape index (κ3) is 1.74. The second kappa shape index (κ2) is 3.46. The molecule has 0 amide bonds. The van der Waals surface area contributed by atoms with E-state index < -0.39 is 0 Å². The molecule has 0 radical (unpaired) electrons. The van der Waals surface area contributed by atoms with Crippen molar-refractivity contribution >= 4 is 0 Å². The number of rotatable bonds is 2. The summed E-state index contributed by atoms with van der Waals surface area (Å²) in [6.07, 6.45) is 9.82. The Balaban J connectivity index is 1.56. The summed E-state index contributed by atoms with van der Waals surface area (Å²) in [5, 5.41) is 13.1. The fourth-order valence-electron chi connectivity index (χ4n) is 5.51. The molecule has 17 heavy (non-hydrogen) atoms. The van der Waals surface area contributed by atoms with Crippen molar-refractivity contribution in [3.05, 3.63) is 0 Å². The van der Waals surface area contributed by atoms with Crippen LogP contribution in [0.3, 0.4) is 0 Å². The van der Waals surface area contributed by atoms with Crippen LogP contribution in [0, 0.1) is 11.8 Å². The van der Waals surface area contributed by atoms with Crippen molar-refractivity contribution in [1.82, 2.24) is 10.4 Å². The Morgan fingerprint density at radius 1 is 1.00 bits per heavy atom. The van der Waals surface area contributed by atoms with Crippen LogP contribution in [-0.4, -0.2) is 34.3 Å². The second-order valence-corrected chi connectivity index (χ2v) is 7.27. The summed E-state index contributed by atoms with van der Waals surface area (Å²) < 4.78 is 0. The molecule has 96 valence electrons. The highest BCUT2D eigenvalue weighted by molar-refractivity contribution is 5.12. The first-order chi connectivity index (χ1) is 8.15. The largest absolute Gasteiger partial charge is 0.390 e. The van der Waals surface area contributed by atoms with Gasteiger partial charge in [-0.15, -0.1) is 0 Å². The Kier molecular flexibility index (Phi) is 2.19. The highest BCUT2D eigenvalue weighted by Gasteiger charge is 2.57. The molecule has 2 atom stereocenters. The summed E-state index contributed by atoms with van der Waals surface area (Å²) in [5.41, 5.74) is 3.75. The van der Waals surface area contributed by atoms with Crippen LogP contribution in [0.4, 0.5) is 0 Å². The predicted octanol–water partition coefficient (Wildman–Crippen LogP) is 1.67. The van der Waals surface area contributed by atoms with Crippen molar-refractivity contribution in [2.24, 2.45) is 11.8 Å². The molecular weight excluding hydrogens is 212 g/mol. The van der Waals surface area contributed by atoms with Gasteiger partial charge in [0, 0.05) is 18.6 Å². The van der Waals surface area contributed by atoms with Gasteiger partial charge in [0.25, 0.3) is 0 Å². The smallest absolute Gasteiger partial charge is 0.0671 e. The van der Waals surface area contributed by atoms with Crippen LogP contribution in [0.2, 0.25) is 0 Å². The molecule has 1 heterocycles. The van der Waals surface area contributed by atoms with Crippen LogP contribution < -0.4 is 5.43 Å². The van der Waals surface area contributed by atoms with Gasteiger partial charge in [0.15, 0.2) is 0 Å². The third-order valence-electron chi connectivity index (χ3n) is 5.53. The van der Waals surface area contributed by atoms with Gasteiger partial charge in [0.1, 0.15) is 0 Å². The second-order valence-electron chi connectivity index (χ2n) is 7.27. The van der Waals surface area contributed by atoms with E-state index in [1.807, 2.05) is 0 Å². The van der Waals surface area contributed by atoms with Crippen LogP contribution in [-0.2, 0) is 0 Å². The SMILES string of the molecule is OC12C[C@H]3C[C@H](C1)CC(NN1CCCC1)(C3)C2. The van der Waals surface area contributed by atoms with Gasteiger partial charge in [0.05, 0.1) is 5.60 Å². The zero-order valence-electron chi connectivity index (χ0n) is 10.6. The van der Waals surface area contributed by atoms with Crippen LogP contribution in [0.1, 0.15) is 51.4 Å². The highest BCUT2D eigenvalue weighted by atomic mass is 16.3. The molecular formula is C14H24N2O. The molecule has 0 aromatic carbocycles. The zero-order chi connectivity index (χ0) is 11.5. The maximum absolute atomic E-state index is 10.7. The van der Waals surface area contributed by atoms with Crippen molar-refractivity contribution in [3.63, 3.8) is 0 Å². The van der Waals surface area contributed by atoms with E-state index >= 15 is 0 Å². The molecule has 4 saturated carbocycles. The minimum absolute atomic E-state index is 0.253. The summed E-state index contributed by atoms with van der Waals surface area (Å²) in [6, 6.07) is 0. The fraction of sp³-hybridized carbons (Fsp3) is 1.00. The van der Waals surface area contributed by atoms with E-state index in [9.17, 15) is 5.11 Å². The molecule has 5 fully saturated rings. The Morgan fingerprint density at radius 3 is 2.24 bits per heavy atom. The Bertz CT molecular complexity index is 310. The molecule has 5 aliphatic rings. The van der Waals surface area contributed by atoms with Crippen LogP contribution in [0.15, 0.2) is 0 Å². The number of hydrogen-bond acceptors (Lipinski definition) is 3. The maximum Gasteiger partial charge on any atom is 0.0671 e. The lowest BCUT2D eigenvalue weighted by molar-refractivity contribution is -0.155. The van der Waals surface area contributed by atoms with E-state index in [2.05, 4.69) is 10.4 Å². The summed E-state index contributed by atoms with van der Waals surface area (Å²) in [6.45, 7) is 2.41. The summed E-state index contributed by atoms with van der Waals surface area (Å²) >= 11 is 0. The summed E-state index contributed by atoms with van der Waals surface area (Å²) in [7, 11) is 0. The molecule has 2 N–H and O–H groups in total. The van der Waals surface area contributed by atoms with Gasteiger partial charge in [-0.3, -0.25) is 0 Å². The predicted molar refractivity (Wildman–Crippen MR) is 66.3 cm³/mol. The quantitative estimate of drug-likeness (QED) is 0.765. The van der Waals surface area contributed by atoms with E-state index in [1.54, 1.807) is 0 Å². The van der Waals surface area contributed by atoms with Crippen LogP contribution in [0.25, 0.3) is 0 Å². The molecule has 5 rings (SSSR count). The third-order valence-corrected chi connectivity index (χ3v) is 5.53. The van der Waals surface area contributed by atoms with E-state index in [-0.39, 0.29) is 11.1 Å². The maximum atomic E-state index is 10.7. The summed E-state index contributed by atoms with van der Waals surface area (Å²) in [5.74, 6) is 1.58. The fourth-order valence-corrected chi connectivity index (χ4v) is 5.51. The summed E-state index contributed by atoms with van der Waals surface area (Å²) in [4.78, 5) is 0. The van der Waals surface area contributed by atoms with Gasteiger partial charge < -0.3 is 5.11 Å². The van der Waals surface area contributed by atoms with Gasteiger partial charge >= 0.3 is 0 Å². The van der Waals surface area contributed by atoms with Gasteiger partial charge in [-0.25, -0.2) is 10.4 Å². The van der Waals surface area contributed by atoms with Crippen molar-refractivity contribution in [1.29, 1.82) is 0 Å². The molecule has 1 saturated heterocycles. The number of hydrogen-bond donors (Lipinski definition) is 2. The Hall–Kier alpha value is -0.120. The van der Waals surface area contributed by atoms with E-state index in [0.717, 1.165) is 31.1 Å². The van der Waals surface area contributed by atoms with E-state index in [1.165, 1.54) is 45.2 Å². The molecule has 0 unspecified atom stereocenters. The standard InChI is InChI=1S/C14H24N2O/c17-14-8-11-5-12(9-14)7-13(6-11,10-14)15-16-3-1-2-4-16/h11-12,15,17H,1-10H2/t11-,12-,13?,14?/m0/s1. The molecule has 0 aromatic rings. The Labute approximate surface area is 104 Å². The molecule has 4 bridgehead atoms. The topological polar surface area (TPSA) is 35.5 Å². The zero-order valence-corrected chi connectivity index (χ0v) is 10.6. The lowest BCUT2D eigenvalue weighted by Gasteiger charge is -2.61. The van der Waals surface area contributed by atoms with E-state index in [0.29, 0.717) is 0 Å². The average Bonchev–Trinajstić information content (AvgIpc) is 2.64. The molecule has 0 spiro atoms. The lowest BCUT2D eigenvalue weighted by atomic mass is 9.51. The van der Waals surface area contributed by atoms with Crippen molar-refractivity contribution in [2.45, 2.75) is 62.5 Å². The first-order valence-corrected chi connectivity index (χ1v) is 7.40. The van der Waals surface area contributed by atoms with Crippen molar-refractivity contribution in [3.8, 4) is 0 Å². The molecule has 0 aromatic heterocycles. The molecule has 1 aliphatic heterocycles. The van der Waals surface area contributed by atoms with E-state index in [4.69, 9.17) is 0 Å². The number of aliphatic hydroxyl groups is 1. The van der Waals surface area contributed by atoms with Gasteiger partial charge in [0.2, 0.25) is 0 Å². The normalized spacial score (nSPS) is 53.5. The Morgan fingerprint density at radius 2 is 1.65 bits per heavy atom. The minimum Gasteiger partial charge on any atom is -0.390 e. The molecule has 3 nitrogen and oxygen atoms in total. The lowest BCUT2D eigenvalue weighted by Crippen LogP contribution is -2.67. The van der Waals surface area contributed by atoms with Crippen LogP contribution in [0.5, 0.6) is 0 Å². The van der Waals surface area contributed by atoms with Gasteiger partial charge in [-0.2, -0.15) is 0 Å². The monoisotopic (exact) mass is 236 g/mol. The number of nitrogens with one attached hydrogen (secondary N) is 1.